The van der Waals surface area contributed by atoms with Gasteiger partial charge in [-0.1, -0.05) is 92.8 Å². The number of carbonyl (C=O) groups excluding carboxylic acids is 1. The quantitative estimate of drug-likeness (QED) is 0.490. The van der Waals surface area contributed by atoms with Crippen LogP contribution >= 0.6 is 0 Å². The number of esters is 1. The molecule has 4 rings (SSSR count). The van der Waals surface area contributed by atoms with Crippen LogP contribution < -0.4 is 0 Å². The molecular formula is C28H34O2. The molecule has 0 bridgehead atoms. The minimum atomic E-state index is -0.0266. The van der Waals surface area contributed by atoms with Crippen molar-refractivity contribution in [3.63, 3.8) is 0 Å². The first-order chi connectivity index (χ1) is 14.8. The van der Waals surface area contributed by atoms with Gasteiger partial charge >= 0.3 is 5.97 Å². The van der Waals surface area contributed by atoms with E-state index in [1.807, 2.05) is 0 Å². The van der Waals surface area contributed by atoms with Crippen LogP contribution in [0.2, 0.25) is 0 Å². The van der Waals surface area contributed by atoms with Crippen molar-refractivity contribution in [3.05, 3.63) is 71.8 Å². The highest BCUT2D eigenvalue weighted by atomic mass is 16.5. The van der Waals surface area contributed by atoms with Crippen molar-refractivity contribution in [2.75, 3.05) is 6.61 Å². The van der Waals surface area contributed by atoms with Gasteiger partial charge in [-0.15, -0.1) is 0 Å². The van der Waals surface area contributed by atoms with E-state index in [9.17, 15) is 4.79 Å². The van der Waals surface area contributed by atoms with Crippen molar-refractivity contribution >= 4 is 17.1 Å². The summed E-state index contributed by atoms with van der Waals surface area (Å²) in [6.07, 6.45) is 11.6. The highest BCUT2D eigenvalue weighted by Crippen LogP contribution is 2.41. The van der Waals surface area contributed by atoms with Crippen LogP contribution in [0.4, 0.5) is 0 Å². The fraction of sp³-hybridized carbons (Fsp3) is 0.464. The van der Waals surface area contributed by atoms with Crippen molar-refractivity contribution in [2.24, 2.45) is 11.8 Å². The molecule has 1 unspecified atom stereocenters. The first-order valence-electron chi connectivity index (χ1n) is 11.8. The smallest absolute Gasteiger partial charge is 0.309 e. The Balaban J connectivity index is 1.46. The van der Waals surface area contributed by atoms with Crippen LogP contribution in [-0.4, -0.2) is 12.6 Å². The lowest BCUT2D eigenvalue weighted by molar-refractivity contribution is -0.150. The molecule has 1 atom stereocenters. The van der Waals surface area contributed by atoms with Gasteiger partial charge in [0.25, 0.3) is 0 Å². The summed E-state index contributed by atoms with van der Waals surface area (Å²) >= 11 is 0. The Morgan fingerprint density at radius 1 is 0.733 bits per heavy atom. The molecule has 0 amide bonds. The molecule has 0 spiro atoms. The summed E-state index contributed by atoms with van der Waals surface area (Å²) in [6, 6.07) is 21.2. The van der Waals surface area contributed by atoms with Crippen LogP contribution in [0.5, 0.6) is 0 Å². The summed E-state index contributed by atoms with van der Waals surface area (Å²) in [6.45, 7) is 0.616. The highest BCUT2D eigenvalue weighted by molar-refractivity contribution is 5.93. The SMILES string of the molecule is O=C(OCC1CCCCCCC1)C1CCC(c2ccccc2)=C(c2ccccc2)C1. The molecule has 2 aliphatic rings. The van der Waals surface area contributed by atoms with Gasteiger partial charge in [-0.05, 0) is 60.3 Å². The Bertz CT molecular complexity index is 829. The lowest BCUT2D eigenvalue weighted by Crippen LogP contribution is -2.24. The summed E-state index contributed by atoms with van der Waals surface area (Å²) in [5.41, 5.74) is 5.19. The molecule has 0 aliphatic heterocycles. The van der Waals surface area contributed by atoms with E-state index < -0.39 is 0 Å². The summed E-state index contributed by atoms with van der Waals surface area (Å²) < 4.78 is 5.88. The maximum Gasteiger partial charge on any atom is 0.309 e. The van der Waals surface area contributed by atoms with E-state index in [1.165, 1.54) is 67.2 Å². The van der Waals surface area contributed by atoms with Gasteiger partial charge in [0, 0.05) is 0 Å². The normalized spacial score (nSPS) is 21.0. The third kappa shape index (κ3) is 5.41. The molecule has 1 saturated carbocycles. The van der Waals surface area contributed by atoms with Crippen molar-refractivity contribution < 1.29 is 9.53 Å². The van der Waals surface area contributed by atoms with Crippen molar-refractivity contribution in [1.29, 1.82) is 0 Å². The number of allylic oxidation sites excluding steroid dienone is 2. The molecular weight excluding hydrogens is 368 g/mol. The van der Waals surface area contributed by atoms with Gasteiger partial charge in [-0.25, -0.2) is 0 Å². The average Bonchev–Trinajstić information content (AvgIpc) is 2.79. The van der Waals surface area contributed by atoms with E-state index in [1.54, 1.807) is 0 Å². The second-order valence-electron chi connectivity index (χ2n) is 8.97. The van der Waals surface area contributed by atoms with E-state index in [0.717, 1.165) is 19.3 Å². The third-order valence-electron chi connectivity index (χ3n) is 6.82. The van der Waals surface area contributed by atoms with Gasteiger partial charge < -0.3 is 4.74 Å². The monoisotopic (exact) mass is 402 g/mol. The fourth-order valence-corrected chi connectivity index (χ4v) is 5.06. The summed E-state index contributed by atoms with van der Waals surface area (Å²) in [5, 5.41) is 0. The highest BCUT2D eigenvalue weighted by Gasteiger charge is 2.29. The van der Waals surface area contributed by atoms with E-state index in [2.05, 4.69) is 60.7 Å². The van der Waals surface area contributed by atoms with Crippen LogP contribution in [0.1, 0.15) is 75.3 Å². The zero-order valence-electron chi connectivity index (χ0n) is 18.0. The van der Waals surface area contributed by atoms with Gasteiger partial charge in [0.15, 0.2) is 0 Å². The van der Waals surface area contributed by atoms with Crippen molar-refractivity contribution in [2.45, 2.75) is 64.2 Å². The van der Waals surface area contributed by atoms with Gasteiger partial charge in [0.1, 0.15) is 0 Å². The van der Waals surface area contributed by atoms with Gasteiger partial charge in [0.05, 0.1) is 12.5 Å². The number of hydrogen-bond acceptors (Lipinski definition) is 2. The number of benzene rings is 2. The minimum Gasteiger partial charge on any atom is -0.465 e. The molecule has 0 heterocycles. The maximum absolute atomic E-state index is 13.0. The molecule has 0 saturated heterocycles. The lowest BCUT2D eigenvalue weighted by Gasteiger charge is -2.28. The van der Waals surface area contributed by atoms with E-state index >= 15 is 0 Å². The number of rotatable bonds is 5. The van der Waals surface area contributed by atoms with Crippen LogP contribution in [0.15, 0.2) is 60.7 Å². The fourth-order valence-electron chi connectivity index (χ4n) is 5.06. The minimum absolute atomic E-state index is 0.0117. The first-order valence-corrected chi connectivity index (χ1v) is 11.8. The zero-order chi connectivity index (χ0) is 20.6. The molecule has 2 aliphatic carbocycles. The van der Waals surface area contributed by atoms with Crippen LogP contribution in [0.25, 0.3) is 11.1 Å². The molecule has 1 fully saturated rings. The molecule has 30 heavy (non-hydrogen) atoms. The number of hydrogen-bond donors (Lipinski definition) is 0. The molecule has 0 aromatic heterocycles. The van der Waals surface area contributed by atoms with E-state index in [4.69, 9.17) is 4.74 Å². The predicted octanol–water partition coefficient (Wildman–Crippen LogP) is 7.30. The summed E-state index contributed by atoms with van der Waals surface area (Å²) in [4.78, 5) is 13.0. The standard InChI is InChI=1S/C28H34O2/c29-28(30-21-22-12-6-2-1-3-7-13-22)25-18-19-26(23-14-8-4-9-15-23)27(20-25)24-16-10-5-11-17-24/h4-5,8-11,14-17,22,25H,1-3,6-7,12-13,18-21H2. The molecule has 2 nitrogen and oxygen atoms in total. The molecule has 2 heteroatoms. The molecule has 2 aromatic carbocycles. The first kappa shape index (κ1) is 20.9. The number of carbonyl (C=O) groups is 1. The summed E-state index contributed by atoms with van der Waals surface area (Å²) in [5.74, 6) is 0.542. The zero-order valence-corrected chi connectivity index (χ0v) is 18.0. The van der Waals surface area contributed by atoms with Crippen LogP contribution in [0.3, 0.4) is 0 Å². The third-order valence-corrected chi connectivity index (χ3v) is 6.82. The van der Waals surface area contributed by atoms with Gasteiger partial charge in [0.2, 0.25) is 0 Å². The Kier molecular flexibility index (Phi) is 7.39. The van der Waals surface area contributed by atoms with Crippen molar-refractivity contribution in [3.8, 4) is 0 Å². The molecule has 2 aromatic rings. The Morgan fingerprint density at radius 2 is 1.30 bits per heavy atom. The maximum atomic E-state index is 13.0. The predicted molar refractivity (Wildman–Crippen MR) is 124 cm³/mol. The molecule has 0 N–H and O–H groups in total. The second kappa shape index (κ2) is 10.6. The molecule has 0 radical (unpaired) electrons. The van der Waals surface area contributed by atoms with Gasteiger partial charge in [-0.3, -0.25) is 4.79 Å². The van der Waals surface area contributed by atoms with E-state index in [0.29, 0.717) is 12.5 Å². The largest absolute Gasteiger partial charge is 0.465 e. The Hall–Kier alpha value is -2.35. The van der Waals surface area contributed by atoms with Crippen LogP contribution in [-0.2, 0) is 9.53 Å². The topological polar surface area (TPSA) is 26.3 Å². The summed E-state index contributed by atoms with van der Waals surface area (Å²) in [7, 11) is 0. The number of ether oxygens (including phenoxy) is 1. The Morgan fingerprint density at radius 3 is 1.93 bits per heavy atom. The molecule has 158 valence electrons. The Labute approximate surface area is 181 Å². The average molecular weight is 403 g/mol. The van der Waals surface area contributed by atoms with Crippen LogP contribution in [0, 0.1) is 11.8 Å². The lowest BCUT2D eigenvalue weighted by atomic mass is 9.78. The van der Waals surface area contributed by atoms with Crippen molar-refractivity contribution in [1.82, 2.24) is 0 Å². The van der Waals surface area contributed by atoms with Gasteiger partial charge in [-0.2, -0.15) is 0 Å². The van der Waals surface area contributed by atoms with E-state index in [-0.39, 0.29) is 11.9 Å². The second-order valence-corrected chi connectivity index (χ2v) is 8.97.